The molecule has 2 rings (SSSR count). The van der Waals surface area contributed by atoms with Crippen molar-refractivity contribution in [3.8, 4) is 0 Å². The van der Waals surface area contributed by atoms with E-state index >= 15 is 0 Å². The monoisotopic (exact) mass is 193 g/mol. The Kier molecular flexibility index (Phi) is 3.19. The normalized spacial score (nSPS) is 18.6. The van der Waals surface area contributed by atoms with Gasteiger partial charge in [0.2, 0.25) is 0 Å². The minimum Gasteiger partial charge on any atom is -0.338 e. The van der Waals surface area contributed by atoms with Crippen molar-refractivity contribution in [1.29, 1.82) is 0 Å². The van der Waals surface area contributed by atoms with Gasteiger partial charge in [0, 0.05) is 32.4 Å². The van der Waals surface area contributed by atoms with Gasteiger partial charge in [-0.25, -0.2) is 4.98 Å². The van der Waals surface area contributed by atoms with Gasteiger partial charge >= 0.3 is 0 Å². The average molecular weight is 193 g/mol. The zero-order chi connectivity index (χ0) is 9.80. The molecule has 1 aliphatic heterocycles. The van der Waals surface area contributed by atoms with E-state index in [1.165, 1.54) is 44.7 Å². The van der Waals surface area contributed by atoms with Crippen molar-refractivity contribution in [2.75, 3.05) is 19.6 Å². The first-order valence-electron chi connectivity index (χ1n) is 5.55. The minimum absolute atomic E-state index is 1.09. The Morgan fingerprint density at radius 1 is 1.29 bits per heavy atom. The minimum atomic E-state index is 1.09. The molecule has 2 heterocycles. The summed E-state index contributed by atoms with van der Waals surface area (Å²) in [6.45, 7) is 3.74. The third-order valence-electron chi connectivity index (χ3n) is 3.02. The Bertz CT molecular complexity index is 274. The van der Waals surface area contributed by atoms with Crippen LogP contribution in [0.5, 0.6) is 0 Å². The van der Waals surface area contributed by atoms with Crippen molar-refractivity contribution in [2.24, 2.45) is 7.05 Å². The van der Waals surface area contributed by atoms with Crippen LogP contribution in [0.1, 0.15) is 25.1 Å². The fourth-order valence-corrected chi connectivity index (χ4v) is 2.08. The fraction of sp³-hybridized carbons (Fsp3) is 0.727. The number of hydrogen-bond donors (Lipinski definition) is 0. The van der Waals surface area contributed by atoms with E-state index in [0.717, 1.165) is 6.42 Å². The third-order valence-corrected chi connectivity index (χ3v) is 3.02. The number of rotatable bonds is 3. The number of nitrogens with zero attached hydrogens (tertiary/aromatic N) is 3. The van der Waals surface area contributed by atoms with Crippen LogP contribution in [0.3, 0.4) is 0 Å². The van der Waals surface area contributed by atoms with Gasteiger partial charge in [0.1, 0.15) is 5.82 Å². The molecule has 0 saturated carbocycles. The zero-order valence-electron chi connectivity index (χ0n) is 8.95. The van der Waals surface area contributed by atoms with E-state index in [2.05, 4.69) is 21.5 Å². The van der Waals surface area contributed by atoms with Gasteiger partial charge in [-0.2, -0.15) is 0 Å². The van der Waals surface area contributed by atoms with Gasteiger partial charge in [-0.15, -0.1) is 0 Å². The molecular weight excluding hydrogens is 174 g/mol. The van der Waals surface area contributed by atoms with Gasteiger partial charge in [-0.05, 0) is 25.9 Å². The summed E-state index contributed by atoms with van der Waals surface area (Å²) in [4.78, 5) is 6.89. The summed E-state index contributed by atoms with van der Waals surface area (Å²) >= 11 is 0. The standard InChI is InChI=1S/C11H19N3/c1-13-10-6-12-11(13)5-9-14-7-3-2-4-8-14/h6,10H,2-5,7-9H2,1H3. The number of aryl methyl sites for hydroxylation is 1. The Labute approximate surface area is 85.7 Å². The first-order chi connectivity index (χ1) is 6.86. The molecule has 3 nitrogen and oxygen atoms in total. The van der Waals surface area contributed by atoms with E-state index in [-0.39, 0.29) is 0 Å². The molecule has 0 aliphatic carbocycles. The van der Waals surface area contributed by atoms with Crippen LogP contribution in [0.4, 0.5) is 0 Å². The highest BCUT2D eigenvalue weighted by atomic mass is 15.1. The zero-order valence-corrected chi connectivity index (χ0v) is 8.95. The molecule has 0 aromatic carbocycles. The number of likely N-dealkylation sites (tertiary alicyclic amines) is 1. The molecule has 0 atom stereocenters. The van der Waals surface area contributed by atoms with Crippen molar-refractivity contribution in [1.82, 2.24) is 14.5 Å². The van der Waals surface area contributed by atoms with Gasteiger partial charge in [-0.3, -0.25) is 0 Å². The van der Waals surface area contributed by atoms with Crippen molar-refractivity contribution >= 4 is 0 Å². The quantitative estimate of drug-likeness (QED) is 0.724. The highest BCUT2D eigenvalue weighted by molar-refractivity contribution is 4.91. The Hall–Kier alpha value is -0.830. The van der Waals surface area contributed by atoms with Crippen LogP contribution < -0.4 is 0 Å². The molecule has 0 spiro atoms. The van der Waals surface area contributed by atoms with E-state index in [1.54, 1.807) is 0 Å². The lowest BCUT2D eigenvalue weighted by atomic mass is 10.1. The number of imidazole rings is 1. The maximum atomic E-state index is 4.34. The van der Waals surface area contributed by atoms with E-state index in [0.29, 0.717) is 0 Å². The number of piperidine rings is 1. The van der Waals surface area contributed by atoms with Gasteiger partial charge in [-0.1, -0.05) is 6.42 Å². The second-order valence-electron chi connectivity index (χ2n) is 4.11. The highest BCUT2D eigenvalue weighted by Crippen LogP contribution is 2.09. The van der Waals surface area contributed by atoms with E-state index in [9.17, 15) is 0 Å². The van der Waals surface area contributed by atoms with Crippen LogP contribution in [0.15, 0.2) is 12.4 Å². The first kappa shape index (κ1) is 9.71. The summed E-state index contributed by atoms with van der Waals surface area (Å²) in [5.41, 5.74) is 0. The lowest BCUT2D eigenvalue weighted by Crippen LogP contribution is -2.31. The van der Waals surface area contributed by atoms with Crippen molar-refractivity contribution in [2.45, 2.75) is 25.7 Å². The average Bonchev–Trinajstić information content (AvgIpc) is 2.63. The Morgan fingerprint density at radius 2 is 2.07 bits per heavy atom. The molecule has 0 amide bonds. The predicted molar refractivity (Wildman–Crippen MR) is 57.2 cm³/mol. The predicted octanol–water partition coefficient (Wildman–Crippen LogP) is 1.45. The third kappa shape index (κ3) is 2.35. The summed E-state index contributed by atoms with van der Waals surface area (Å²) in [5.74, 6) is 1.20. The Morgan fingerprint density at radius 3 is 2.71 bits per heavy atom. The molecule has 1 aliphatic rings. The molecule has 1 saturated heterocycles. The van der Waals surface area contributed by atoms with E-state index in [4.69, 9.17) is 0 Å². The maximum absolute atomic E-state index is 4.34. The van der Waals surface area contributed by atoms with Crippen LogP contribution in [-0.2, 0) is 13.5 Å². The number of hydrogen-bond acceptors (Lipinski definition) is 2. The van der Waals surface area contributed by atoms with Crippen LogP contribution in [0.2, 0.25) is 0 Å². The second kappa shape index (κ2) is 4.60. The SMILES string of the molecule is Cn1ccnc1CCN1CCCCC1. The molecule has 0 bridgehead atoms. The lowest BCUT2D eigenvalue weighted by Gasteiger charge is -2.26. The van der Waals surface area contributed by atoms with Crippen LogP contribution in [0.25, 0.3) is 0 Å². The molecule has 1 aromatic heterocycles. The fourth-order valence-electron chi connectivity index (χ4n) is 2.08. The van der Waals surface area contributed by atoms with Crippen molar-refractivity contribution < 1.29 is 0 Å². The number of aromatic nitrogens is 2. The van der Waals surface area contributed by atoms with Crippen LogP contribution >= 0.6 is 0 Å². The van der Waals surface area contributed by atoms with Crippen LogP contribution in [0, 0.1) is 0 Å². The second-order valence-corrected chi connectivity index (χ2v) is 4.11. The maximum Gasteiger partial charge on any atom is 0.109 e. The van der Waals surface area contributed by atoms with Crippen molar-refractivity contribution in [3.63, 3.8) is 0 Å². The molecular formula is C11H19N3. The summed E-state index contributed by atoms with van der Waals surface area (Å²) in [7, 11) is 2.07. The molecule has 1 fully saturated rings. The topological polar surface area (TPSA) is 21.1 Å². The molecule has 78 valence electrons. The van der Waals surface area contributed by atoms with Gasteiger partial charge in [0.25, 0.3) is 0 Å². The Balaban J connectivity index is 1.79. The smallest absolute Gasteiger partial charge is 0.109 e. The van der Waals surface area contributed by atoms with E-state index in [1.807, 2.05) is 12.4 Å². The molecule has 0 N–H and O–H groups in total. The lowest BCUT2D eigenvalue weighted by molar-refractivity contribution is 0.229. The van der Waals surface area contributed by atoms with E-state index < -0.39 is 0 Å². The summed E-state index contributed by atoms with van der Waals surface area (Å²) in [5, 5.41) is 0. The molecule has 1 aromatic rings. The molecule has 0 unspecified atom stereocenters. The highest BCUT2D eigenvalue weighted by Gasteiger charge is 2.10. The summed E-state index contributed by atoms with van der Waals surface area (Å²) in [6, 6.07) is 0. The molecule has 0 radical (unpaired) electrons. The largest absolute Gasteiger partial charge is 0.338 e. The summed E-state index contributed by atoms with van der Waals surface area (Å²) < 4.78 is 2.12. The van der Waals surface area contributed by atoms with Crippen LogP contribution in [-0.4, -0.2) is 34.1 Å². The van der Waals surface area contributed by atoms with Gasteiger partial charge in [0.05, 0.1) is 0 Å². The first-order valence-corrected chi connectivity index (χ1v) is 5.55. The molecule has 14 heavy (non-hydrogen) atoms. The van der Waals surface area contributed by atoms with Gasteiger partial charge < -0.3 is 9.47 Å². The van der Waals surface area contributed by atoms with Crippen molar-refractivity contribution in [3.05, 3.63) is 18.2 Å². The molecule has 3 heteroatoms. The summed E-state index contributed by atoms with van der Waals surface area (Å²) in [6.07, 6.45) is 9.15. The van der Waals surface area contributed by atoms with Gasteiger partial charge in [0.15, 0.2) is 0 Å².